The number of H-pyrrole nitrogens is 1. The van der Waals surface area contributed by atoms with Crippen LogP contribution in [0.25, 0.3) is 10.9 Å². The van der Waals surface area contributed by atoms with Crippen LogP contribution in [0.15, 0.2) is 16.9 Å². The number of ether oxygens (including phenoxy) is 1. The van der Waals surface area contributed by atoms with Gasteiger partial charge in [-0.1, -0.05) is 30.9 Å². The number of rotatable bonds is 4. The first-order valence-corrected chi connectivity index (χ1v) is 8.99. The van der Waals surface area contributed by atoms with Crippen molar-refractivity contribution >= 4 is 22.5 Å². The summed E-state index contributed by atoms with van der Waals surface area (Å²) in [4.78, 5) is 18.7. The van der Waals surface area contributed by atoms with Gasteiger partial charge in [0.1, 0.15) is 5.75 Å². The van der Waals surface area contributed by atoms with Crippen LogP contribution in [-0.4, -0.2) is 30.1 Å². The van der Waals surface area contributed by atoms with Crippen LogP contribution in [0.4, 0.5) is 0 Å². The van der Waals surface area contributed by atoms with Gasteiger partial charge in [-0.3, -0.25) is 9.69 Å². The molecule has 5 heteroatoms. The van der Waals surface area contributed by atoms with Crippen molar-refractivity contribution < 1.29 is 4.74 Å². The highest BCUT2D eigenvalue weighted by Crippen LogP contribution is 2.29. The second-order valence-electron chi connectivity index (χ2n) is 6.76. The van der Waals surface area contributed by atoms with Crippen LogP contribution in [0.3, 0.4) is 0 Å². The molecule has 0 aliphatic heterocycles. The molecule has 4 nitrogen and oxygen atoms in total. The minimum absolute atomic E-state index is 0.00723. The van der Waals surface area contributed by atoms with Crippen molar-refractivity contribution in [3.63, 3.8) is 0 Å². The normalized spacial score (nSPS) is 16.0. The Bertz CT molecular complexity index is 794. The van der Waals surface area contributed by atoms with Gasteiger partial charge in [-0.25, -0.2) is 0 Å². The van der Waals surface area contributed by atoms with Gasteiger partial charge in [-0.05, 0) is 38.9 Å². The lowest BCUT2D eigenvalue weighted by atomic mass is 9.94. The first-order chi connectivity index (χ1) is 11.5. The number of halogens is 1. The van der Waals surface area contributed by atoms with Crippen LogP contribution < -0.4 is 10.2 Å². The molecule has 130 valence electrons. The highest BCUT2D eigenvalue weighted by Gasteiger charge is 2.21. The van der Waals surface area contributed by atoms with E-state index in [0.29, 0.717) is 34.3 Å². The Kier molecular flexibility index (Phi) is 5.16. The van der Waals surface area contributed by atoms with E-state index in [1.54, 1.807) is 19.2 Å². The van der Waals surface area contributed by atoms with E-state index in [0.717, 1.165) is 11.3 Å². The van der Waals surface area contributed by atoms with Crippen LogP contribution in [0.1, 0.15) is 43.4 Å². The average Bonchev–Trinajstić information content (AvgIpc) is 2.59. The third kappa shape index (κ3) is 3.17. The number of pyridine rings is 1. The van der Waals surface area contributed by atoms with Crippen molar-refractivity contribution in [1.82, 2.24) is 9.88 Å². The number of fused-ring (bicyclic) bond motifs is 1. The van der Waals surface area contributed by atoms with Gasteiger partial charge in [0.25, 0.3) is 0 Å². The minimum Gasteiger partial charge on any atom is -0.495 e. The van der Waals surface area contributed by atoms with Crippen molar-refractivity contribution in [3.8, 4) is 5.75 Å². The molecule has 1 aliphatic carbocycles. The zero-order chi connectivity index (χ0) is 17.3. The molecule has 1 saturated carbocycles. The van der Waals surface area contributed by atoms with E-state index in [4.69, 9.17) is 16.3 Å². The minimum atomic E-state index is 0.00723. The molecule has 1 N–H and O–H groups in total. The van der Waals surface area contributed by atoms with Gasteiger partial charge in [-0.2, -0.15) is 0 Å². The van der Waals surface area contributed by atoms with Crippen molar-refractivity contribution in [3.05, 3.63) is 38.6 Å². The summed E-state index contributed by atoms with van der Waals surface area (Å²) in [5.74, 6) is 0.641. The molecule has 2 aromatic rings. The highest BCUT2D eigenvalue weighted by atomic mass is 35.5. The molecule has 0 saturated heterocycles. The molecule has 0 atom stereocenters. The van der Waals surface area contributed by atoms with Crippen LogP contribution in [0.2, 0.25) is 5.02 Å². The molecule has 0 bridgehead atoms. The number of hydrogen-bond acceptors (Lipinski definition) is 3. The molecule has 1 heterocycles. The van der Waals surface area contributed by atoms with Crippen molar-refractivity contribution in [2.24, 2.45) is 0 Å². The Morgan fingerprint density at radius 1 is 1.29 bits per heavy atom. The standard InChI is InChI=1S/C19H25ClN2O2/c1-12-14(11-22(2)13-7-5-4-6-8-13)19(23)17-15(20)9-10-16(24-3)18(17)21-12/h9-10,13H,4-8,11H2,1-3H3,(H,21,23). The van der Waals surface area contributed by atoms with E-state index in [-0.39, 0.29) is 5.43 Å². The van der Waals surface area contributed by atoms with Gasteiger partial charge in [-0.15, -0.1) is 0 Å². The van der Waals surface area contributed by atoms with Gasteiger partial charge in [0.05, 0.1) is 23.0 Å². The number of benzene rings is 1. The van der Waals surface area contributed by atoms with Crippen LogP contribution in [-0.2, 0) is 6.54 Å². The Hall–Kier alpha value is -1.52. The fourth-order valence-corrected chi connectivity index (χ4v) is 3.99. The summed E-state index contributed by atoms with van der Waals surface area (Å²) in [7, 11) is 3.72. The van der Waals surface area contributed by atoms with E-state index < -0.39 is 0 Å². The third-order valence-electron chi connectivity index (χ3n) is 5.21. The van der Waals surface area contributed by atoms with Crippen molar-refractivity contribution in [2.75, 3.05) is 14.2 Å². The van der Waals surface area contributed by atoms with E-state index >= 15 is 0 Å². The molecule has 1 fully saturated rings. The Morgan fingerprint density at radius 2 is 2.00 bits per heavy atom. The molecule has 0 unspecified atom stereocenters. The predicted octanol–water partition coefficient (Wildman–Crippen LogP) is 4.26. The number of hydrogen-bond donors (Lipinski definition) is 1. The molecule has 1 aromatic heterocycles. The fourth-order valence-electron chi connectivity index (χ4n) is 3.75. The predicted molar refractivity (Wildman–Crippen MR) is 99.2 cm³/mol. The molecule has 24 heavy (non-hydrogen) atoms. The number of nitrogens with zero attached hydrogens (tertiary/aromatic N) is 1. The maximum absolute atomic E-state index is 13.1. The fraction of sp³-hybridized carbons (Fsp3) is 0.526. The monoisotopic (exact) mass is 348 g/mol. The number of nitrogens with one attached hydrogen (secondary N) is 1. The summed E-state index contributed by atoms with van der Waals surface area (Å²) in [5, 5.41) is 0.988. The largest absolute Gasteiger partial charge is 0.495 e. The van der Waals surface area contributed by atoms with Gasteiger partial charge >= 0.3 is 0 Å². The SMILES string of the molecule is COc1ccc(Cl)c2c(=O)c(CN(C)C3CCCCC3)c(C)[nH]c12. The quantitative estimate of drug-likeness (QED) is 0.897. The molecule has 0 spiro atoms. The molecule has 1 aromatic carbocycles. The third-order valence-corrected chi connectivity index (χ3v) is 5.52. The zero-order valence-electron chi connectivity index (χ0n) is 14.6. The average molecular weight is 349 g/mol. The second kappa shape index (κ2) is 7.16. The lowest BCUT2D eigenvalue weighted by Crippen LogP contribution is -2.35. The molecule has 0 radical (unpaired) electrons. The zero-order valence-corrected chi connectivity index (χ0v) is 15.4. The Labute approximate surface area is 147 Å². The number of aryl methyl sites for hydroxylation is 1. The second-order valence-corrected chi connectivity index (χ2v) is 7.17. The highest BCUT2D eigenvalue weighted by molar-refractivity contribution is 6.35. The first kappa shape index (κ1) is 17.3. The molecule has 0 amide bonds. The van der Waals surface area contributed by atoms with E-state index in [9.17, 15) is 4.79 Å². The lowest BCUT2D eigenvalue weighted by Gasteiger charge is -2.31. The van der Waals surface area contributed by atoms with Gasteiger partial charge < -0.3 is 9.72 Å². The van der Waals surface area contributed by atoms with Crippen LogP contribution in [0, 0.1) is 6.92 Å². The lowest BCUT2D eigenvalue weighted by molar-refractivity contribution is 0.184. The van der Waals surface area contributed by atoms with E-state index in [2.05, 4.69) is 16.9 Å². The summed E-state index contributed by atoms with van der Waals surface area (Å²) in [5.41, 5.74) is 2.37. The molecular formula is C19H25ClN2O2. The molecule has 1 aliphatic rings. The van der Waals surface area contributed by atoms with Gasteiger partial charge in [0, 0.05) is 23.8 Å². The van der Waals surface area contributed by atoms with Crippen LogP contribution >= 0.6 is 11.6 Å². The number of aromatic nitrogens is 1. The Balaban J connectivity index is 2.02. The first-order valence-electron chi connectivity index (χ1n) is 8.61. The van der Waals surface area contributed by atoms with Crippen molar-refractivity contribution in [1.29, 1.82) is 0 Å². The topological polar surface area (TPSA) is 45.3 Å². The summed E-state index contributed by atoms with van der Waals surface area (Å²) in [6.07, 6.45) is 6.33. The summed E-state index contributed by atoms with van der Waals surface area (Å²) < 4.78 is 5.37. The van der Waals surface area contributed by atoms with Gasteiger partial charge in [0.2, 0.25) is 0 Å². The number of aromatic amines is 1. The number of methoxy groups -OCH3 is 1. The Morgan fingerprint density at radius 3 is 2.67 bits per heavy atom. The summed E-state index contributed by atoms with van der Waals surface area (Å²) in [6.45, 7) is 2.60. The van der Waals surface area contributed by atoms with Crippen LogP contribution in [0.5, 0.6) is 5.75 Å². The van der Waals surface area contributed by atoms with E-state index in [1.807, 2.05) is 6.92 Å². The van der Waals surface area contributed by atoms with Gasteiger partial charge in [0.15, 0.2) is 5.43 Å². The smallest absolute Gasteiger partial charge is 0.195 e. The molecule has 3 rings (SSSR count). The maximum atomic E-state index is 13.1. The van der Waals surface area contributed by atoms with Crippen molar-refractivity contribution in [2.45, 2.75) is 51.6 Å². The summed E-state index contributed by atoms with van der Waals surface area (Å²) >= 11 is 6.31. The van der Waals surface area contributed by atoms with E-state index in [1.165, 1.54) is 32.1 Å². The maximum Gasteiger partial charge on any atom is 0.195 e. The summed E-state index contributed by atoms with van der Waals surface area (Å²) in [6, 6.07) is 4.07. The molecular weight excluding hydrogens is 324 g/mol.